The second-order valence-electron chi connectivity index (χ2n) is 8.01. The number of rotatable bonds is 2. The Balaban J connectivity index is 1.48. The molecule has 2 unspecified atom stereocenters. The van der Waals surface area contributed by atoms with Gasteiger partial charge in [-0.1, -0.05) is 19.3 Å². The second kappa shape index (κ2) is 6.87. The lowest BCUT2D eigenvalue weighted by molar-refractivity contribution is 0.209. The van der Waals surface area contributed by atoms with Crippen LogP contribution in [0.15, 0.2) is 6.20 Å². The van der Waals surface area contributed by atoms with E-state index in [0.29, 0.717) is 31.8 Å². The molecular formula is C18H28N4O3S. The monoisotopic (exact) mass is 380 g/mol. The molecule has 1 saturated carbocycles. The molecule has 0 spiro atoms. The van der Waals surface area contributed by atoms with Crippen molar-refractivity contribution in [3.05, 3.63) is 11.9 Å². The van der Waals surface area contributed by atoms with E-state index in [2.05, 4.69) is 10.4 Å². The van der Waals surface area contributed by atoms with E-state index in [-0.39, 0.29) is 11.3 Å². The van der Waals surface area contributed by atoms with Gasteiger partial charge in [-0.15, -0.1) is 0 Å². The molecule has 2 atom stereocenters. The topological polar surface area (TPSA) is 84.3 Å². The Morgan fingerprint density at radius 3 is 2.62 bits per heavy atom. The molecule has 3 aliphatic rings. The Bertz CT molecular complexity index is 782. The number of nitrogens with one attached hydrogen (secondary N) is 1. The van der Waals surface area contributed by atoms with Gasteiger partial charge in [0.05, 0.1) is 21.9 Å². The van der Waals surface area contributed by atoms with E-state index in [4.69, 9.17) is 0 Å². The summed E-state index contributed by atoms with van der Waals surface area (Å²) < 4.78 is 26.6. The van der Waals surface area contributed by atoms with Crippen LogP contribution in [0, 0.1) is 0 Å². The van der Waals surface area contributed by atoms with E-state index >= 15 is 0 Å². The average Bonchev–Trinajstić information content (AvgIpc) is 3.04. The number of hydrogen-bond acceptors (Lipinski definition) is 4. The van der Waals surface area contributed by atoms with E-state index < -0.39 is 15.1 Å². The number of hydrogen-bond donors (Lipinski definition) is 1. The van der Waals surface area contributed by atoms with Crippen LogP contribution in [0.2, 0.25) is 0 Å². The van der Waals surface area contributed by atoms with Gasteiger partial charge in [-0.2, -0.15) is 5.10 Å². The zero-order chi connectivity index (χ0) is 18.3. The fourth-order valence-corrected chi connectivity index (χ4v) is 7.07. The third-order valence-corrected chi connectivity index (χ3v) is 8.98. The van der Waals surface area contributed by atoms with Gasteiger partial charge in [-0.25, -0.2) is 13.2 Å². The molecule has 26 heavy (non-hydrogen) atoms. The molecule has 2 amide bonds. The zero-order valence-electron chi connectivity index (χ0n) is 15.4. The van der Waals surface area contributed by atoms with Gasteiger partial charge in [0, 0.05) is 32.3 Å². The average molecular weight is 381 g/mol. The van der Waals surface area contributed by atoms with Crippen LogP contribution in [-0.4, -0.2) is 52.7 Å². The lowest BCUT2D eigenvalue weighted by Gasteiger charge is -2.25. The molecule has 8 heteroatoms. The van der Waals surface area contributed by atoms with Crippen molar-refractivity contribution in [3.8, 4) is 0 Å². The summed E-state index contributed by atoms with van der Waals surface area (Å²) in [6.07, 6.45) is 9.77. The number of likely N-dealkylation sites (tertiary alicyclic amines) is 1. The first-order valence-electron chi connectivity index (χ1n) is 9.77. The van der Waals surface area contributed by atoms with Crippen molar-refractivity contribution >= 4 is 21.6 Å². The largest absolute Gasteiger partial charge is 0.323 e. The van der Waals surface area contributed by atoms with E-state index in [1.807, 2.05) is 13.2 Å². The van der Waals surface area contributed by atoms with Crippen LogP contribution >= 0.6 is 0 Å². The number of amides is 2. The van der Waals surface area contributed by atoms with Crippen LogP contribution in [0.1, 0.15) is 63.0 Å². The van der Waals surface area contributed by atoms with Crippen LogP contribution in [0.3, 0.4) is 0 Å². The number of carbonyl (C=O) groups excluding carboxylic acids is 1. The Hall–Kier alpha value is -1.57. The molecule has 2 bridgehead atoms. The third kappa shape index (κ3) is 3.23. The Labute approximate surface area is 155 Å². The predicted octanol–water partition coefficient (Wildman–Crippen LogP) is 2.65. The first-order chi connectivity index (χ1) is 12.4. The van der Waals surface area contributed by atoms with Gasteiger partial charge in [0.2, 0.25) is 0 Å². The Morgan fingerprint density at radius 1 is 1.12 bits per heavy atom. The van der Waals surface area contributed by atoms with Gasteiger partial charge in [-0.05, 0) is 32.1 Å². The minimum absolute atomic E-state index is 0.196. The second-order valence-corrected chi connectivity index (χ2v) is 10.5. The maximum Gasteiger partial charge on any atom is 0.321 e. The van der Waals surface area contributed by atoms with Gasteiger partial charge in [0.1, 0.15) is 0 Å². The summed E-state index contributed by atoms with van der Waals surface area (Å²) in [7, 11) is -1.19. The summed E-state index contributed by atoms with van der Waals surface area (Å²) in [6.45, 7) is 0.814. The number of urea groups is 1. The Morgan fingerprint density at radius 2 is 1.85 bits per heavy atom. The minimum Gasteiger partial charge on any atom is -0.323 e. The molecule has 7 nitrogen and oxygen atoms in total. The Kier molecular flexibility index (Phi) is 4.71. The molecule has 144 valence electrons. The number of carbonyl (C=O) groups is 1. The number of fused-ring (bicyclic) bond motifs is 2. The quantitative estimate of drug-likeness (QED) is 0.855. The highest BCUT2D eigenvalue weighted by atomic mass is 32.2. The van der Waals surface area contributed by atoms with E-state index in [1.165, 1.54) is 19.3 Å². The van der Waals surface area contributed by atoms with Crippen molar-refractivity contribution in [3.63, 3.8) is 0 Å². The van der Waals surface area contributed by atoms with Gasteiger partial charge < -0.3 is 10.2 Å². The lowest BCUT2D eigenvalue weighted by Crippen LogP contribution is -2.40. The molecule has 2 saturated heterocycles. The normalized spacial score (nSPS) is 28.7. The van der Waals surface area contributed by atoms with Gasteiger partial charge in [0.25, 0.3) is 0 Å². The molecule has 1 aromatic heterocycles. The highest BCUT2D eigenvalue weighted by Crippen LogP contribution is 2.36. The van der Waals surface area contributed by atoms with Gasteiger partial charge in [-0.3, -0.25) is 4.68 Å². The smallest absolute Gasteiger partial charge is 0.321 e. The standard InChI is InChI=1S/C18H28N4O3S/c1-21-12-16(17(20-21)13-5-3-2-4-6-13)19-18(23)22-10-9-14-7-8-15(11-22)26(14,24)25/h12-15H,2-11H2,1H3,(H,19,23). The number of nitrogens with zero attached hydrogens (tertiary/aromatic N) is 3. The summed E-state index contributed by atoms with van der Waals surface area (Å²) in [5, 5.41) is 6.96. The van der Waals surface area contributed by atoms with Gasteiger partial charge >= 0.3 is 6.03 Å². The molecular weight excluding hydrogens is 352 g/mol. The summed E-state index contributed by atoms with van der Waals surface area (Å²) >= 11 is 0. The van der Waals surface area contributed by atoms with E-state index in [1.54, 1.807) is 9.58 Å². The molecule has 1 aromatic rings. The lowest BCUT2D eigenvalue weighted by atomic mass is 9.86. The molecule has 1 N–H and O–H groups in total. The number of aromatic nitrogens is 2. The van der Waals surface area contributed by atoms with Crippen molar-refractivity contribution in [1.29, 1.82) is 0 Å². The number of anilines is 1. The van der Waals surface area contributed by atoms with Crippen molar-refractivity contribution < 1.29 is 13.2 Å². The highest BCUT2D eigenvalue weighted by molar-refractivity contribution is 7.93. The molecule has 3 heterocycles. The first kappa shape index (κ1) is 17.8. The summed E-state index contributed by atoms with van der Waals surface area (Å²) in [5.74, 6) is 0.403. The molecule has 3 fully saturated rings. The predicted molar refractivity (Wildman–Crippen MR) is 100.0 cm³/mol. The zero-order valence-corrected chi connectivity index (χ0v) is 16.2. The maximum absolute atomic E-state index is 12.8. The number of aryl methyl sites for hydroxylation is 1. The van der Waals surface area contributed by atoms with Crippen molar-refractivity contribution in [2.45, 2.75) is 67.8 Å². The summed E-state index contributed by atoms with van der Waals surface area (Å²) in [5.41, 5.74) is 1.76. The van der Waals surface area contributed by atoms with Crippen molar-refractivity contribution in [2.24, 2.45) is 7.05 Å². The van der Waals surface area contributed by atoms with Crippen LogP contribution in [0.5, 0.6) is 0 Å². The SMILES string of the molecule is Cn1cc(NC(=O)N2CCC3CCC(C2)S3(=O)=O)c(C2CCCCC2)n1. The van der Waals surface area contributed by atoms with E-state index in [0.717, 1.165) is 30.6 Å². The highest BCUT2D eigenvalue weighted by Gasteiger charge is 2.44. The van der Waals surface area contributed by atoms with Crippen molar-refractivity contribution in [1.82, 2.24) is 14.7 Å². The van der Waals surface area contributed by atoms with Gasteiger partial charge in [0.15, 0.2) is 9.84 Å². The molecule has 0 radical (unpaired) electrons. The maximum atomic E-state index is 12.8. The summed E-state index contributed by atoms with van der Waals surface area (Å²) in [4.78, 5) is 14.5. The van der Waals surface area contributed by atoms with Crippen LogP contribution in [0.25, 0.3) is 0 Å². The first-order valence-corrected chi connectivity index (χ1v) is 11.4. The minimum atomic E-state index is -3.06. The van der Waals surface area contributed by atoms with Crippen LogP contribution in [0.4, 0.5) is 10.5 Å². The third-order valence-electron chi connectivity index (χ3n) is 6.26. The molecule has 2 aliphatic heterocycles. The van der Waals surface area contributed by atoms with Crippen molar-refractivity contribution in [2.75, 3.05) is 18.4 Å². The van der Waals surface area contributed by atoms with Crippen LogP contribution in [-0.2, 0) is 16.9 Å². The molecule has 4 rings (SSSR count). The fourth-order valence-electron chi connectivity index (χ4n) is 4.77. The molecule has 0 aromatic carbocycles. The number of sulfone groups is 1. The fraction of sp³-hybridized carbons (Fsp3) is 0.778. The summed E-state index contributed by atoms with van der Waals surface area (Å²) in [6, 6.07) is -0.196. The van der Waals surface area contributed by atoms with E-state index in [9.17, 15) is 13.2 Å². The molecule has 1 aliphatic carbocycles. The van der Waals surface area contributed by atoms with Crippen LogP contribution < -0.4 is 5.32 Å².